The number of aliphatic hydroxyl groups is 2. The summed E-state index contributed by atoms with van der Waals surface area (Å²) in [7, 11) is 0. The van der Waals surface area contributed by atoms with Crippen molar-refractivity contribution in [2.75, 3.05) is 19.7 Å². The third-order valence-corrected chi connectivity index (χ3v) is 2.87. The van der Waals surface area contributed by atoms with Crippen molar-refractivity contribution in [3.8, 4) is 12.3 Å². The molecule has 0 aliphatic rings. The highest BCUT2D eigenvalue weighted by Gasteiger charge is 2.32. The predicted molar refractivity (Wildman–Crippen MR) is 75.6 cm³/mol. The zero-order valence-electron chi connectivity index (χ0n) is 12.1. The number of nitrogens with one attached hydrogen (secondary N) is 2. The van der Waals surface area contributed by atoms with E-state index in [1.807, 2.05) is 0 Å². The van der Waals surface area contributed by atoms with Gasteiger partial charge in [-0.3, -0.25) is 9.59 Å². The van der Waals surface area contributed by atoms with E-state index in [2.05, 4.69) is 16.6 Å². The van der Waals surface area contributed by atoms with Gasteiger partial charge in [0, 0.05) is 31.3 Å². The Balaban J connectivity index is 3.83. The number of unbranched alkanes of at least 4 members (excludes halogenated alkanes) is 1. The molecule has 0 aliphatic heterocycles. The second kappa shape index (κ2) is 9.34. The predicted octanol–water partition coefficient (Wildman–Crippen LogP) is -0.598. The molecule has 0 fully saturated rings. The van der Waals surface area contributed by atoms with Crippen molar-refractivity contribution < 1.29 is 19.8 Å². The summed E-state index contributed by atoms with van der Waals surface area (Å²) in [4.78, 5) is 22.9. The third kappa shape index (κ3) is 7.12. The molecule has 0 bridgehead atoms. The Hall–Kier alpha value is -1.58. The lowest BCUT2D eigenvalue weighted by atomic mass is 9.87. The first-order valence-electron chi connectivity index (χ1n) is 6.62. The van der Waals surface area contributed by atoms with Crippen LogP contribution in [0.15, 0.2) is 0 Å². The van der Waals surface area contributed by atoms with E-state index in [1.165, 1.54) is 0 Å². The van der Waals surface area contributed by atoms with Gasteiger partial charge in [0.2, 0.25) is 11.8 Å². The molecular weight excluding hydrogens is 260 g/mol. The summed E-state index contributed by atoms with van der Waals surface area (Å²) >= 11 is 0. The molecule has 114 valence electrons. The van der Waals surface area contributed by atoms with E-state index in [1.54, 1.807) is 13.8 Å². The summed E-state index contributed by atoms with van der Waals surface area (Å²) in [5.74, 6) is 1.77. The van der Waals surface area contributed by atoms with Crippen molar-refractivity contribution >= 4 is 11.8 Å². The maximum Gasteiger partial charge on any atom is 0.249 e. The SMILES string of the molecule is C#CCCCC(=O)NCCNC(=O)[C@H](O)C(C)(C)CO. The molecule has 0 rings (SSSR count). The lowest BCUT2D eigenvalue weighted by Crippen LogP contribution is -2.47. The fraction of sp³-hybridized carbons (Fsp3) is 0.714. The Morgan fingerprint density at radius 1 is 1.30 bits per heavy atom. The minimum absolute atomic E-state index is 0.120. The van der Waals surface area contributed by atoms with Gasteiger partial charge in [0.15, 0.2) is 0 Å². The minimum Gasteiger partial charge on any atom is -0.396 e. The molecule has 0 saturated carbocycles. The maximum atomic E-state index is 11.6. The molecule has 20 heavy (non-hydrogen) atoms. The Morgan fingerprint density at radius 3 is 2.45 bits per heavy atom. The van der Waals surface area contributed by atoms with Crippen LogP contribution in [0.3, 0.4) is 0 Å². The van der Waals surface area contributed by atoms with Crippen LogP contribution in [-0.4, -0.2) is 47.8 Å². The molecule has 4 N–H and O–H groups in total. The Kier molecular flexibility index (Phi) is 8.61. The lowest BCUT2D eigenvalue weighted by Gasteiger charge is -2.27. The number of amides is 2. The van der Waals surface area contributed by atoms with Crippen LogP contribution in [0, 0.1) is 17.8 Å². The standard InChI is InChI=1S/C14H24N2O4/c1-4-5-6-7-11(18)15-8-9-16-13(20)12(19)14(2,3)10-17/h1,12,17,19H,5-10H2,2-3H3,(H,15,18)(H,16,20)/t12-/m0/s1. The molecular formula is C14H24N2O4. The van der Waals surface area contributed by atoms with Crippen LogP contribution in [0.25, 0.3) is 0 Å². The van der Waals surface area contributed by atoms with E-state index in [-0.39, 0.29) is 25.6 Å². The van der Waals surface area contributed by atoms with Gasteiger partial charge in [-0.25, -0.2) is 0 Å². The van der Waals surface area contributed by atoms with Gasteiger partial charge in [0.25, 0.3) is 0 Å². The summed E-state index contributed by atoms with van der Waals surface area (Å²) in [5, 5.41) is 23.9. The van der Waals surface area contributed by atoms with Crippen LogP contribution in [0.4, 0.5) is 0 Å². The van der Waals surface area contributed by atoms with E-state index in [0.717, 1.165) is 0 Å². The molecule has 0 spiro atoms. The summed E-state index contributed by atoms with van der Waals surface area (Å²) in [6.07, 6.45) is 5.34. The van der Waals surface area contributed by atoms with Crippen LogP contribution >= 0.6 is 0 Å². The maximum absolute atomic E-state index is 11.6. The number of carbonyl (C=O) groups excluding carboxylic acids is 2. The Bertz CT molecular complexity index is 361. The number of aliphatic hydroxyl groups excluding tert-OH is 2. The number of terminal acetylenes is 1. The monoisotopic (exact) mass is 284 g/mol. The molecule has 6 nitrogen and oxygen atoms in total. The number of carbonyl (C=O) groups is 2. The molecule has 0 aromatic rings. The van der Waals surface area contributed by atoms with E-state index in [4.69, 9.17) is 11.5 Å². The molecule has 0 unspecified atom stereocenters. The van der Waals surface area contributed by atoms with E-state index in [9.17, 15) is 14.7 Å². The lowest BCUT2D eigenvalue weighted by molar-refractivity contribution is -0.137. The second-order valence-electron chi connectivity index (χ2n) is 5.25. The van der Waals surface area contributed by atoms with Crippen molar-refractivity contribution in [3.63, 3.8) is 0 Å². The van der Waals surface area contributed by atoms with Crippen LogP contribution in [0.5, 0.6) is 0 Å². The highest BCUT2D eigenvalue weighted by Crippen LogP contribution is 2.19. The molecule has 0 heterocycles. The first-order chi connectivity index (χ1) is 9.35. The summed E-state index contributed by atoms with van der Waals surface area (Å²) in [5.41, 5.74) is -0.900. The first kappa shape index (κ1) is 18.4. The Morgan fingerprint density at radius 2 is 1.90 bits per heavy atom. The summed E-state index contributed by atoms with van der Waals surface area (Å²) < 4.78 is 0. The normalized spacial score (nSPS) is 12.3. The van der Waals surface area contributed by atoms with E-state index in [0.29, 0.717) is 19.3 Å². The van der Waals surface area contributed by atoms with Gasteiger partial charge < -0.3 is 20.8 Å². The molecule has 0 aromatic heterocycles. The topological polar surface area (TPSA) is 98.7 Å². The van der Waals surface area contributed by atoms with Gasteiger partial charge in [-0.1, -0.05) is 13.8 Å². The largest absolute Gasteiger partial charge is 0.396 e. The van der Waals surface area contributed by atoms with Crippen LogP contribution in [0.1, 0.15) is 33.1 Å². The molecule has 0 aromatic carbocycles. The van der Waals surface area contributed by atoms with Crippen LogP contribution in [0.2, 0.25) is 0 Å². The molecule has 6 heteroatoms. The van der Waals surface area contributed by atoms with Gasteiger partial charge in [-0.2, -0.15) is 0 Å². The summed E-state index contributed by atoms with van der Waals surface area (Å²) in [6, 6.07) is 0. The molecule has 0 radical (unpaired) electrons. The average Bonchev–Trinajstić information content (AvgIpc) is 2.42. The zero-order chi connectivity index (χ0) is 15.6. The highest BCUT2D eigenvalue weighted by molar-refractivity contribution is 5.81. The fourth-order valence-electron chi connectivity index (χ4n) is 1.37. The van der Waals surface area contributed by atoms with Gasteiger partial charge in [0.05, 0.1) is 6.61 Å². The molecule has 0 aliphatic carbocycles. The van der Waals surface area contributed by atoms with Crippen LogP contribution in [-0.2, 0) is 9.59 Å². The highest BCUT2D eigenvalue weighted by atomic mass is 16.3. The second-order valence-corrected chi connectivity index (χ2v) is 5.25. The number of rotatable bonds is 9. The summed E-state index contributed by atoms with van der Waals surface area (Å²) in [6.45, 7) is 3.38. The quantitative estimate of drug-likeness (QED) is 0.336. The van der Waals surface area contributed by atoms with E-state index < -0.39 is 17.4 Å². The van der Waals surface area contributed by atoms with Crippen molar-refractivity contribution in [2.45, 2.75) is 39.2 Å². The van der Waals surface area contributed by atoms with Crippen molar-refractivity contribution in [1.29, 1.82) is 0 Å². The van der Waals surface area contributed by atoms with Crippen molar-refractivity contribution in [2.24, 2.45) is 5.41 Å². The molecule has 0 saturated heterocycles. The van der Waals surface area contributed by atoms with Gasteiger partial charge >= 0.3 is 0 Å². The fourth-order valence-corrected chi connectivity index (χ4v) is 1.37. The molecule has 2 amide bonds. The smallest absolute Gasteiger partial charge is 0.249 e. The van der Waals surface area contributed by atoms with Gasteiger partial charge in [0.1, 0.15) is 6.10 Å². The van der Waals surface area contributed by atoms with E-state index >= 15 is 0 Å². The Labute approximate surface area is 119 Å². The molecule has 1 atom stereocenters. The number of hydrogen-bond donors (Lipinski definition) is 4. The van der Waals surface area contributed by atoms with Crippen molar-refractivity contribution in [1.82, 2.24) is 10.6 Å². The minimum atomic E-state index is -1.29. The van der Waals surface area contributed by atoms with Gasteiger partial charge in [-0.15, -0.1) is 12.3 Å². The average molecular weight is 284 g/mol. The van der Waals surface area contributed by atoms with Crippen LogP contribution < -0.4 is 10.6 Å². The zero-order valence-corrected chi connectivity index (χ0v) is 12.1. The van der Waals surface area contributed by atoms with Crippen molar-refractivity contribution in [3.05, 3.63) is 0 Å². The van der Waals surface area contributed by atoms with Gasteiger partial charge in [-0.05, 0) is 6.42 Å². The third-order valence-electron chi connectivity index (χ3n) is 2.87. The first-order valence-corrected chi connectivity index (χ1v) is 6.62. The number of hydrogen-bond acceptors (Lipinski definition) is 4.